The molecule has 5 rings (SSSR count). The molecule has 0 aliphatic heterocycles. The minimum atomic E-state index is -0.533. The molecule has 8 heteroatoms. The molecule has 46 heavy (non-hydrogen) atoms. The van der Waals surface area contributed by atoms with E-state index in [1.54, 1.807) is 67.7 Å². The van der Waals surface area contributed by atoms with E-state index in [2.05, 4.69) is 10.6 Å². The number of aryl methyl sites for hydroxylation is 1. The maximum Gasteiger partial charge on any atom is 0.412 e. The Labute approximate surface area is 268 Å². The number of hydrogen-bond acceptors (Lipinski definition) is 5. The first-order valence-electron chi connectivity index (χ1n) is 15.0. The van der Waals surface area contributed by atoms with Crippen LogP contribution in [0.25, 0.3) is 11.1 Å². The van der Waals surface area contributed by atoms with Crippen molar-refractivity contribution in [2.24, 2.45) is 0 Å². The van der Waals surface area contributed by atoms with Gasteiger partial charge in [-0.25, -0.2) is 4.79 Å². The molecule has 0 saturated carbocycles. The molecular weight excluding hydrogens is 578 g/mol. The topological polar surface area (TPSA) is 97.0 Å². The van der Waals surface area contributed by atoms with Crippen LogP contribution in [0, 0.1) is 6.92 Å². The highest BCUT2D eigenvalue weighted by atomic mass is 16.6. The molecule has 0 unspecified atom stereocenters. The van der Waals surface area contributed by atoms with Crippen molar-refractivity contribution in [2.45, 2.75) is 13.3 Å². The molecule has 8 nitrogen and oxygen atoms in total. The summed E-state index contributed by atoms with van der Waals surface area (Å²) in [6.45, 7) is 2.71. The van der Waals surface area contributed by atoms with Crippen molar-refractivity contribution in [1.29, 1.82) is 0 Å². The third-order valence-electron chi connectivity index (χ3n) is 7.26. The Morgan fingerprint density at radius 2 is 1.41 bits per heavy atom. The zero-order valence-electron chi connectivity index (χ0n) is 25.7. The number of para-hydroxylation sites is 3. The fourth-order valence-corrected chi connectivity index (χ4v) is 4.80. The number of amides is 3. The summed E-state index contributed by atoms with van der Waals surface area (Å²) in [5.74, 6) is 0.545. The average molecular weight is 614 g/mol. The summed E-state index contributed by atoms with van der Waals surface area (Å²) in [5.41, 5.74) is 5.15. The maximum atomic E-state index is 13.4. The van der Waals surface area contributed by atoms with Crippen molar-refractivity contribution >= 4 is 29.3 Å². The second-order valence-corrected chi connectivity index (χ2v) is 10.6. The Bertz CT molecular complexity index is 1790. The number of hydrogen-bond donors (Lipinski definition) is 2. The van der Waals surface area contributed by atoms with Gasteiger partial charge in [-0.15, -0.1) is 0 Å². The molecule has 3 amide bonds. The van der Waals surface area contributed by atoms with Crippen molar-refractivity contribution in [3.05, 3.63) is 144 Å². The third-order valence-corrected chi connectivity index (χ3v) is 7.26. The summed E-state index contributed by atoms with van der Waals surface area (Å²) in [5, 5.41) is 5.65. The van der Waals surface area contributed by atoms with E-state index >= 15 is 0 Å². The van der Waals surface area contributed by atoms with Crippen LogP contribution in [0.1, 0.15) is 32.7 Å². The van der Waals surface area contributed by atoms with Crippen LogP contribution >= 0.6 is 0 Å². The molecule has 0 aromatic heterocycles. The van der Waals surface area contributed by atoms with Gasteiger partial charge in [0.25, 0.3) is 11.8 Å². The van der Waals surface area contributed by atoms with E-state index in [0.29, 0.717) is 53.6 Å². The van der Waals surface area contributed by atoms with Gasteiger partial charge in [-0.1, -0.05) is 78.4 Å². The van der Waals surface area contributed by atoms with Crippen LogP contribution in [-0.2, 0) is 0 Å². The summed E-state index contributed by atoms with van der Waals surface area (Å²) in [6.07, 6.45) is 0.00744. The van der Waals surface area contributed by atoms with Crippen LogP contribution in [0.4, 0.5) is 16.2 Å². The van der Waals surface area contributed by atoms with Gasteiger partial charge in [-0.2, -0.15) is 0 Å². The lowest BCUT2D eigenvalue weighted by Gasteiger charge is -2.21. The average Bonchev–Trinajstić information content (AvgIpc) is 3.09. The molecule has 0 aliphatic carbocycles. The van der Waals surface area contributed by atoms with Gasteiger partial charge in [0.1, 0.15) is 11.5 Å². The molecule has 0 spiro atoms. The van der Waals surface area contributed by atoms with Gasteiger partial charge >= 0.3 is 6.09 Å². The van der Waals surface area contributed by atoms with Crippen LogP contribution in [-0.4, -0.2) is 38.1 Å². The molecule has 0 aliphatic rings. The Morgan fingerprint density at radius 1 is 0.739 bits per heavy atom. The second-order valence-electron chi connectivity index (χ2n) is 10.6. The van der Waals surface area contributed by atoms with E-state index in [1.807, 2.05) is 73.7 Å². The normalized spacial score (nSPS) is 10.5. The zero-order chi connectivity index (χ0) is 32.3. The summed E-state index contributed by atoms with van der Waals surface area (Å²) in [6, 6.07) is 38.4. The predicted molar refractivity (Wildman–Crippen MR) is 181 cm³/mol. The Kier molecular flexibility index (Phi) is 10.4. The number of nitrogens with one attached hydrogen (secondary N) is 2. The van der Waals surface area contributed by atoms with Gasteiger partial charge < -0.3 is 25.0 Å². The molecule has 5 aromatic rings. The van der Waals surface area contributed by atoms with Crippen molar-refractivity contribution in [1.82, 2.24) is 5.32 Å². The summed E-state index contributed by atoms with van der Waals surface area (Å²) >= 11 is 0. The van der Waals surface area contributed by atoms with Gasteiger partial charge in [0, 0.05) is 30.4 Å². The lowest BCUT2D eigenvalue weighted by atomic mass is 9.98. The van der Waals surface area contributed by atoms with E-state index in [1.165, 1.54) is 4.90 Å². The number of anilines is 2. The summed E-state index contributed by atoms with van der Waals surface area (Å²) < 4.78 is 11.2. The number of nitrogens with zero attached hydrogens (tertiary/aromatic N) is 1. The molecule has 0 heterocycles. The minimum absolute atomic E-state index is 0.232. The van der Waals surface area contributed by atoms with Crippen LogP contribution in [0.2, 0.25) is 0 Å². The lowest BCUT2D eigenvalue weighted by molar-refractivity contribution is 0.0990. The molecular formula is C38H35N3O5. The minimum Gasteiger partial charge on any atom is -0.491 e. The van der Waals surface area contributed by atoms with Gasteiger partial charge in [-0.3, -0.25) is 9.59 Å². The van der Waals surface area contributed by atoms with Gasteiger partial charge in [0.05, 0.1) is 12.3 Å². The number of carbonyl (C=O) groups is 3. The van der Waals surface area contributed by atoms with Crippen molar-refractivity contribution in [3.63, 3.8) is 0 Å². The Morgan fingerprint density at radius 3 is 2.17 bits per heavy atom. The molecule has 0 fully saturated rings. The highest BCUT2D eigenvalue weighted by Gasteiger charge is 2.18. The zero-order valence-corrected chi connectivity index (χ0v) is 25.7. The smallest absolute Gasteiger partial charge is 0.412 e. The van der Waals surface area contributed by atoms with Crippen molar-refractivity contribution in [3.8, 4) is 22.6 Å². The molecule has 0 atom stereocenters. The maximum absolute atomic E-state index is 13.4. The molecule has 0 saturated heterocycles. The van der Waals surface area contributed by atoms with Crippen LogP contribution < -0.4 is 25.0 Å². The Balaban J connectivity index is 1.16. The van der Waals surface area contributed by atoms with E-state index in [4.69, 9.17) is 9.47 Å². The van der Waals surface area contributed by atoms with E-state index in [-0.39, 0.29) is 11.8 Å². The monoisotopic (exact) mass is 613 g/mol. The molecule has 5 aromatic carbocycles. The number of benzene rings is 5. The SMILES string of the molecule is Cc1ccc(-c2ccccc2C(=O)Nc2ccc(C(=O)N(C)c3ccccc3OCCCNC(=O)Oc3ccccc3)cc2)cc1. The quantitative estimate of drug-likeness (QED) is 0.149. The third kappa shape index (κ3) is 8.18. The summed E-state index contributed by atoms with van der Waals surface area (Å²) in [7, 11) is 1.68. The van der Waals surface area contributed by atoms with Gasteiger partial charge in [-0.05, 0) is 79.1 Å². The van der Waals surface area contributed by atoms with E-state index in [0.717, 1.165) is 16.7 Å². The molecule has 2 N–H and O–H groups in total. The first-order valence-corrected chi connectivity index (χ1v) is 15.0. The van der Waals surface area contributed by atoms with Crippen LogP contribution in [0.5, 0.6) is 11.5 Å². The molecule has 0 bridgehead atoms. The van der Waals surface area contributed by atoms with E-state index in [9.17, 15) is 14.4 Å². The van der Waals surface area contributed by atoms with Gasteiger partial charge in [0.15, 0.2) is 0 Å². The number of ether oxygens (including phenoxy) is 2. The summed E-state index contributed by atoms with van der Waals surface area (Å²) in [4.78, 5) is 40.1. The standard InChI is InChI=1S/C38H35N3O5/c1-27-17-19-28(20-18-27)32-13-6-7-14-33(32)36(42)40-30-23-21-29(22-24-30)37(43)41(2)34-15-8-9-16-35(34)45-26-10-25-39-38(44)46-31-11-4-3-5-12-31/h3-9,11-24H,10,25-26H2,1-2H3,(H,39,44)(H,40,42). The second kappa shape index (κ2) is 15.2. The highest BCUT2D eigenvalue weighted by Crippen LogP contribution is 2.29. The van der Waals surface area contributed by atoms with E-state index < -0.39 is 6.09 Å². The van der Waals surface area contributed by atoms with Gasteiger partial charge in [0.2, 0.25) is 0 Å². The molecule has 0 radical (unpaired) electrons. The Hall–Kier alpha value is -5.89. The fraction of sp³-hybridized carbons (Fsp3) is 0.132. The lowest BCUT2D eigenvalue weighted by Crippen LogP contribution is -2.29. The number of carbonyl (C=O) groups excluding carboxylic acids is 3. The fourth-order valence-electron chi connectivity index (χ4n) is 4.80. The predicted octanol–water partition coefficient (Wildman–Crippen LogP) is 7.75. The molecule has 232 valence electrons. The van der Waals surface area contributed by atoms with Crippen molar-refractivity contribution < 1.29 is 23.9 Å². The van der Waals surface area contributed by atoms with Crippen LogP contribution in [0.3, 0.4) is 0 Å². The largest absolute Gasteiger partial charge is 0.491 e. The van der Waals surface area contributed by atoms with Crippen molar-refractivity contribution in [2.75, 3.05) is 30.4 Å². The first-order chi connectivity index (χ1) is 22.4. The van der Waals surface area contributed by atoms with Crippen LogP contribution in [0.15, 0.2) is 127 Å². The highest BCUT2D eigenvalue weighted by molar-refractivity contribution is 6.09. The number of rotatable bonds is 11. The first kappa shape index (κ1) is 31.5.